The van der Waals surface area contributed by atoms with E-state index >= 15 is 0 Å². The highest BCUT2D eigenvalue weighted by molar-refractivity contribution is 5.91. The lowest BCUT2D eigenvalue weighted by atomic mass is 10.1. The van der Waals surface area contributed by atoms with Gasteiger partial charge in [-0.05, 0) is 29.3 Å². The van der Waals surface area contributed by atoms with Gasteiger partial charge in [0.15, 0.2) is 11.5 Å². The van der Waals surface area contributed by atoms with Crippen LogP contribution in [0.1, 0.15) is 5.56 Å². The first kappa shape index (κ1) is 10.8. The molecule has 0 fully saturated rings. The molecule has 1 N–H and O–H groups in total. The van der Waals surface area contributed by atoms with Crippen molar-refractivity contribution < 1.29 is 19.4 Å². The quantitative estimate of drug-likeness (QED) is 0.373. The Morgan fingerprint density at radius 3 is 2.94 bits per heavy atom. The smallest absolute Gasteiger partial charge is 0.338 e. The van der Waals surface area contributed by atoms with Gasteiger partial charge >= 0.3 is 5.97 Å². The average Bonchev–Trinajstić information content (AvgIpc) is 2.75. The van der Waals surface area contributed by atoms with E-state index in [9.17, 15) is 4.79 Å². The molecule has 0 spiro atoms. The van der Waals surface area contributed by atoms with Gasteiger partial charge in [0.25, 0.3) is 0 Å². The lowest BCUT2D eigenvalue weighted by molar-refractivity contribution is -0.132. The Bertz CT molecular complexity index is 542. The van der Waals surface area contributed by atoms with Crippen molar-refractivity contribution in [1.82, 2.24) is 0 Å². The molecule has 0 saturated heterocycles. The van der Waals surface area contributed by atoms with Crippen LogP contribution < -0.4 is 9.47 Å². The second-order valence-electron chi connectivity index (χ2n) is 3.14. The van der Waals surface area contributed by atoms with E-state index in [4.69, 9.17) is 20.1 Å². The van der Waals surface area contributed by atoms with Crippen molar-refractivity contribution in [2.45, 2.75) is 0 Å². The van der Waals surface area contributed by atoms with Gasteiger partial charge in [0.1, 0.15) is 5.70 Å². The van der Waals surface area contributed by atoms with Gasteiger partial charge in [-0.1, -0.05) is 11.2 Å². The zero-order chi connectivity index (χ0) is 12.3. The molecule has 0 bridgehead atoms. The Balaban J connectivity index is 2.37. The summed E-state index contributed by atoms with van der Waals surface area (Å²) in [7, 11) is 0. The van der Waals surface area contributed by atoms with Crippen LogP contribution in [0.15, 0.2) is 29.0 Å². The van der Waals surface area contributed by atoms with Gasteiger partial charge in [-0.25, -0.2) is 4.79 Å². The van der Waals surface area contributed by atoms with Gasteiger partial charge in [-0.2, -0.15) is 0 Å². The van der Waals surface area contributed by atoms with E-state index < -0.39 is 5.97 Å². The van der Waals surface area contributed by atoms with Crippen LogP contribution in [0.2, 0.25) is 0 Å². The highest BCUT2D eigenvalue weighted by Crippen LogP contribution is 2.33. The van der Waals surface area contributed by atoms with Crippen LogP contribution in [0, 0.1) is 0 Å². The molecule has 1 aromatic carbocycles. The number of rotatable bonds is 3. The van der Waals surface area contributed by atoms with Gasteiger partial charge in [0, 0.05) is 4.91 Å². The molecule has 0 aromatic heterocycles. The normalized spacial score (nSPS) is 13.1. The van der Waals surface area contributed by atoms with Gasteiger partial charge in [0.2, 0.25) is 6.79 Å². The lowest BCUT2D eigenvalue weighted by Gasteiger charge is -1.98. The van der Waals surface area contributed by atoms with Crippen molar-refractivity contribution >= 4 is 12.0 Å². The van der Waals surface area contributed by atoms with Gasteiger partial charge in [0.05, 0.1) is 0 Å². The maximum absolute atomic E-state index is 10.7. The summed E-state index contributed by atoms with van der Waals surface area (Å²) in [6.45, 7) is 0.143. The van der Waals surface area contributed by atoms with Gasteiger partial charge in [-0.15, -0.1) is 0 Å². The fourth-order valence-corrected chi connectivity index (χ4v) is 1.34. The maximum atomic E-state index is 10.7. The lowest BCUT2D eigenvalue weighted by Crippen LogP contribution is -1.96. The maximum Gasteiger partial charge on any atom is 0.338 e. The monoisotopic (exact) mass is 233 g/mol. The highest BCUT2D eigenvalue weighted by Gasteiger charge is 2.13. The second kappa shape index (κ2) is 4.46. The minimum Gasteiger partial charge on any atom is -0.478 e. The number of azide groups is 1. The highest BCUT2D eigenvalue weighted by atomic mass is 16.7. The van der Waals surface area contributed by atoms with Crippen LogP contribution in [-0.2, 0) is 4.79 Å². The summed E-state index contributed by atoms with van der Waals surface area (Å²) in [5.41, 5.74) is 8.40. The molecule has 17 heavy (non-hydrogen) atoms. The fraction of sp³-hybridized carbons (Fsp3) is 0.100. The standard InChI is InChI=1S/C10H7N3O4/c11-13-12-7(10(14)15)3-6-1-2-8-9(4-6)17-5-16-8/h1-4H,5H2,(H,14,15). The van der Waals surface area contributed by atoms with E-state index in [1.807, 2.05) is 0 Å². The van der Waals surface area contributed by atoms with E-state index in [0.717, 1.165) is 0 Å². The van der Waals surface area contributed by atoms with E-state index in [-0.39, 0.29) is 12.5 Å². The Hall–Kier alpha value is -2.66. The predicted molar refractivity (Wildman–Crippen MR) is 57.3 cm³/mol. The largest absolute Gasteiger partial charge is 0.478 e. The van der Waals surface area contributed by atoms with Crippen molar-refractivity contribution in [2.24, 2.45) is 5.11 Å². The summed E-state index contributed by atoms with van der Waals surface area (Å²) < 4.78 is 10.3. The molecular weight excluding hydrogens is 226 g/mol. The summed E-state index contributed by atoms with van der Waals surface area (Å²) >= 11 is 0. The number of benzene rings is 1. The van der Waals surface area contributed by atoms with Gasteiger partial charge in [-0.3, -0.25) is 0 Å². The topological polar surface area (TPSA) is 105 Å². The molecule has 0 atom stereocenters. The predicted octanol–water partition coefficient (Wildman–Crippen LogP) is 2.15. The number of aliphatic carboxylic acids is 1. The molecule has 0 unspecified atom stereocenters. The molecule has 86 valence electrons. The Kier molecular flexibility index (Phi) is 2.85. The molecule has 1 aromatic rings. The molecule has 7 heteroatoms. The van der Waals surface area contributed by atoms with Crippen LogP contribution in [0.4, 0.5) is 0 Å². The SMILES string of the molecule is [N-]=[N+]=NC(=Cc1ccc2c(c1)OCO2)C(=O)O. The Morgan fingerprint density at radius 1 is 1.47 bits per heavy atom. The minimum atomic E-state index is -1.29. The van der Waals surface area contributed by atoms with Crippen LogP contribution in [0.25, 0.3) is 16.5 Å². The van der Waals surface area contributed by atoms with Crippen LogP contribution in [0.5, 0.6) is 11.5 Å². The molecule has 1 aliphatic heterocycles. The number of nitrogens with zero attached hydrogens (tertiary/aromatic N) is 3. The van der Waals surface area contributed by atoms with Crippen LogP contribution >= 0.6 is 0 Å². The first-order chi connectivity index (χ1) is 8.20. The summed E-state index contributed by atoms with van der Waals surface area (Å²) in [4.78, 5) is 13.2. The number of hydrogen-bond acceptors (Lipinski definition) is 4. The average molecular weight is 233 g/mol. The molecule has 2 rings (SSSR count). The van der Waals surface area contributed by atoms with Crippen LogP contribution in [0.3, 0.4) is 0 Å². The van der Waals surface area contributed by atoms with Crippen molar-refractivity contribution in [2.75, 3.05) is 6.79 Å². The number of carbonyl (C=O) groups is 1. The number of hydrogen-bond donors (Lipinski definition) is 1. The Labute approximate surface area is 95.5 Å². The zero-order valence-corrected chi connectivity index (χ0v) is 8.53. The van der Waals surface area contributed by atoms with Crippen molar-refractivity contribution in [1.29, 1.82) is 0 Å². The molecule has 1 heterocycles. The first-order valence-electron chi connectivity index (χ1n) is 4.60. The summed E-state index contributed by atoms with van der Waals surface area (Å²) in [6.07, 6.45) is 1.25. The molecule has 0 aliphatic carbocycles. The number of ether oxygens (including phenoxy) is 2. The number of carboxylic acid groups (broad SMARTS) is 1. The molecular formula is C10H7N3O4. The van der Waals surface area contributed by atoms with Crippen molar-refractivity contribution in [3.05, 3.63) is 39.9 Å². The summed E-state index contributed by atoms with van der Waals surface area (Å²) in [5, 5.41) is 11.9. The van der Waals surface area contributed by atoms with E-state index in [2.05, 4.69) is 10.0 Å². The summed E-state index contributed by atoms with van der Waals surface area (Å²) in [6, 6.07) is 4.91. The molecule has 1 aliphatic rings. The van der Waals surface area contributed by atoms with E-state index in [0.29, 0.717) is 17.1 Å². The molecule has 0 saturated carbocycles. The van der Waals surface area contributed by atoms with Crippen LogP contribution in [-0.4, -0.2) is 17.9 Å². The number of fused-ring (bicyclic) bond motifs is 1. The third-order valence-electron chi connectivity index (χ3n) is 2.07. The summed E-state index contributed by atoms with van der Waals surface area (Å²) in [5.74, 6) is -0.160. The van der Waals surface area contributed by atoms with Crippen molar-refractivity contribution in [3.8, 4) is 11.5 Å². The van der Waals surface area contributed by atoms with E-state index in [1.165, 1.54) is 6.08 Å². The van der Waals surface area contributed by atoms with Gasteiger partial charge < -0.3 is 14.6 Å². The fourth-order valence-electron chi connectivity index (χ4n) is 1.34. The third-order valence-corrected chi connectivity index (χ3v) is 2.07. The molecule has 7 nitrogen and oxygen atoms in total. The first-order valence-corrected chi connectivity index (χ1v) is 4.60. The zero-order valence-electron chi connectivity index (χ0n) is 8.53. The molecule has 0 amide bonds. The second-order valence-corrected chi connectivity index (χ2v) is 3.14. The minimum absolute atomic E-state index is 0.143. The Morgan fingerprint density at radius 2 is 2.24 bits per heavy atom. The van der Waals surface area contributed by atoms with E-state index in [1.54, 1.807) is 18.2 Å². The third kappa shape index (κ3) is 2.30. The van der Waals surface area contributed by atoms with Crippen molar-refractivity contribution in [3.63, 3.8) is 0 Å². The number of carboxylic acids is 1. The molecule has 0 radical (unpaired) electrons.